The molecule has 0 aromatic heterocycles. The van der Waals surface area contributed by atoms with Crippen LogP contribution in [0, 0.1) is 5.92 Å². The first-order valence-corrected chi connectivity index (χ1v) is 11.4. The maximum atomic E-state index is 12.8. The Kier molecular flexibility index (Phi) is 8.86. The summed E-state index contributed by atoms with van der Waals surface area (Å²) in [6.45, 7) is 5.86. The Morgan fingerprint density at radius 2 is 1.59 bits per heavy atom. The summed E-state index contributed by atoms with van der Waals surface area (Å²) in [7, 11) is 0. The summed E-state index contributed by atoms with van der Waals surface area (Å²) >= 11 is 0. The van der Waals surface area contributed by atoms with Crippen molar-refractivity contribution in [3.8, 4) is 0 Å². The van der Waals surface area contributed by atoms with E-state index in [0.717, 1.165) is 16.7 Å². The van der Waals surface area contributed by atoms with Gasteiger partial charge in [-0.15, -0.1) is 0 Å². The average Bonchev–Trinajstić information content (AvgIpc) is 2.83. The zero-order chi connectivity index (χ0) is 24.3. The highest BCUT2D eigenvalue weighted by atomic mass is 16.2. The molecule has 4 N–H and O–H groups in total. The van der Waals surface area contributed by atoms with Gasteiger partial charge in [-0.2, -0.15) is 0 Å². The molecule has 0 spiro atoms. The van der Waals surface area contributed by atoms with Crippen LogP contribution >= 0.6 is 0 Å². The van der Waals surface area contributed by atoms with E-state index in [1.54, 1.807) is 18.2 Å². The molecule has 0 aliphatic rings. The number of hydrogen-bond donors (Lipinski definition) is 3. The molecule has 176 valence electrons. The quantitative estimate of drug-likeness (QED) is 0.302. The van der Waals surface area contributed by atoms with Crippen molar-refractivity contribution in [3.63, 3.8) is 0 Å². The highest BCUT2D eigenvalue weighted by Gasteiger charge is 2.15. The Balaban J connectivity index is 1.57. The van der Waals surface area contributed by atoms with Crippen LogP contribution in [-0.2, 0) is 17.9 Å². The lowest BCUT2D eigenvalue weighted by atomic mass is 10.1. The van der Waals surface area contributed by atoms with Crippen molar-refractivity contribution in [2.45, 2.75) is 26.9 Å². The first kappa shape index (κ1) is 24.6. The van der Waals surface area contributed by atoms with Gasteiger partial charge < -0.3 is 21.3 Å². The Labute approximate surface area is 201 Å². The van der Waals surface area contributed by atoms with Gasteiger partial charge in [-0.1, -0.05) is 80.6 Å². The van der Waals surface area contributed by atoms with Crippen LogP contribution in [0.4, 0.5) is 16.2 Å². The summed E-state index contributed by atoms with van der Waals surface area (Å²) in [5.41, 5.74) is 9.95. The predicted molar refractivity (Wildman–Crippen MR) is 139 cm³/mol. The number of amides is 3. The number of rotatable bonds is 9. The molecule has 3 amide bonds. The van der Waals surface area contributed by atoms with E-state index in [9.17, 15) is 9.59 Å². The van der Waals surface area contributed by atoms with Gasteiger partial charge in [-0.25, -0.2) is 4.79 Å². The van der Waals surface area contributed by atoms with Gasteiger partial charge in [0, 0.05) is 25.7 Å². The molecule has 6 heteroatoms. The molecule has 6 nitrogen and oxygen atoms in total. The molecule has 0 bridgehead atoms. The smallest absolute Gasteiger partial charge is 0.317 e. The van der Waals surface area contributed by atoms with E-state index in [2.05, 4.69) is 24.5 Å². The topological polar surface area (TPSA) is 87.5 Å². The van der Waals surface area contributed by atoms with Crippen LogP contribution in [0.2, 0.25) is 0 Å². The largest absolute Gasteiger partial charge is 0.397 e. The Morgan fingerprint density at radius 3 is 2.26 bits per heavy atom. The first-order valence-electron chi connectivity index (χ1n) is 11.4. The molecule has 3 rings (SSSR count). The summed E-state index contributed by atoms with van der Waals surface area (Å²) in [5, 5.41) is 5.79. The highest BCUT2D eigenvalue weighted by Crippen LogP contribution is 2.17. The summed E-state index contributed by atoms with van der Waals surface area (Å²) in [4.78, 5) is 26.8. The molecule has 0 aliphatic heterocycles. The normalized spacial score (nSPS) is 10.9. The third-order valence-corrected chi connectivity index (χ3v) is 5.16. The molecular weight excluding hydrogens is 424 g/mol. The first-order chi connectivity index (χ1) is 16.4. The molecule has 34 heavy (non-hydrogen) atoms. The van der Waals surface area contributed by atoms with Gasteiger partial charge in [0.1, 0.15) is 0 Å². The van der Waals surface area contributed by atoms with Gasteiger partial charge in [-0.3, -0.25) is 4.79 Å². The minimum absolute atomic E-state index is 0.0848. The maximum absolute atomic E-state index is 12.8. The number of carbonyl (C=O) groups excluding carboxylic acids is 2. The molecule has 0 aliphatic carbocycles. The predicted octanol–water partition coefficient (Wildman–Crippen LogP) is 5.29. The number of nitrogens with two attached hydrogens (primary N) is 1. The van der Waals surface area contributed by atoms with E-state index >= 15 is 0 Å². The molecule has 0 saturated carbocycles. The number of anilines is 2. The number of para-hydroxylation sites is 2. The van der Waals surface area contributed by atoms with E-state index in [1.807, 2.05) is 71.6 Å². The lowest BCUT2D eigenvalue weighted by Crippen LogP contribution is -2.41. The van der Waals surface area contributed by atoms with Crippen LogP contribution in [-0.4, -0.2) is 23.4 Å². The number of nitrogens with one attached hydrogen (secondary N) is 2. The summed E-state index contributed by atoms with van der Waals surface area (Å²) in [6.07, 6.45) is 3.22. The van der Waals surface area contributed by atoms with Gasteiger partial charge >= 0.3 is 6.03 Å². The van der Waals surface area contributed by atoms with Crippen LogP contribution in [0.1, 0.15) is 30.5 Å². The van der Waals surface area contributed by atoms with Crippen LogP contribution < -0.4 is 16.4 Å². The fourth-order valence-electron chi connectivity index (χ4n) is 3.46. The fraction of sp³-hybridized carbons (Fsp3) is 0.214. The number of nitrogen functional groups attached to an aromatic ring is 1. The molecule has 0 unspecified atom stereocenters. The monoisotopic (exact) mass is 456 g/mol. The Bertz CT molecular complexity index is 1110. The SMILES string of the molecule is CC(C)CN(Cc1ccc(C=CC(=O)Nc2ccccc2N)cc1)C(=O)NCc1ccccc1. The standard InChI is InChI=1S/C28H32N4O2/c1-21(2)19-32(28(34)30-18-23-8-4-3-5-9-23)20-24-14-12-22(13-15-24)16-17-27(33)31-26-11-7-6-10-25(26)29/h3-17,21H,18-20,29H2,1-2H3,(H,30,34)(H,31,33). The van der Waals surface area contributed by atoms with E-state index in [-0.39, 0.29) is 11.9 Å². The van der Waals surface area contributed by atoms with E-state index in [0.29, 0.717) is 36.9 Å². The molecule has 0 saturated heterocycles. The highest BCUT2D eigenvalue weighted by molar-refractivity contribution is 6.03. The summed E-state index contributed by atoms with van der Waals surface area (Å²) in [5.74, 6) is 0.0991. The Morgan fingerprint density at radius 1 is 0.912 bits per heavy atom. The molecule has 0 heterocycles. The average molecular weight is 457 g/mol. The van der Waals surface area contributed by atoms with Crippen LogP contribution in [0.3, 0.4) is 0 Å². The van der Waals surface area contributed by atoms with E-state index in [1.165, 1.54) is 6.08 Å². The third-order valence-electron chi connectivity index (χ3n) is 5.16. The van der Waals surface area contributed by atoms with Crippen molar-refractivity contribution < 1.29 is 9.59 Å². The van der Waals surface area contributed by atoms with Crippen LogP contribution in [0.15, 0.2) is 84.9 Å². The van der Waals surface area contributed by atoms with Gasteiger partial charge in [0.25, 0.3) is 0 Å². The van der Waals surface area contributed by atoms with Crippen molar-refractivity contribution in [2.75, 3.05) is 17.6 Å². The molecule has 3 aromatic rings. The number of benzene rings is 3. The van der Waals surface area contributed by atoms with E-state index in [4.69, 9.17) is 5.73 Å². The number of nitrogens with zero attached hydrogens (tertiary/aromatic N) is 1. The zero-order valence-corrected chi connectivity index (χ0v) is 19.7. The van der Waals surface area contributed by atoms with E-state index < -0.39 is 0 Å². The lowest BCUT2D eigenvalue weighted by molar-refractivity contribution is -0.111. The maximum Gasteiger partial charge on any atom is 0.317 e. The van der Waals surface area contributed by atoms with Crippen molar-refractivity contribution in [3.05, 3.63) is 102 Å². The minimum atomic E-state index is -0.250. The number of hydrogen-bond acceptors (Lipinski definition) is 3. The molecular formula is C28H32N4O2. The summed E-state index contributed by atoms with van der Waals surface area (Å²) in [6, 6.07) is 24.7. The molecule has 3 aromatic carbocycles. The molecule has 0 atom stereocenters. The van der Waals surface area contributed by atoms with Crippen LogP contribution in [0.25, 0.3) is 6.08 Å². The molecule has 0 radical (unpaired) electrons. The summed E-state index contributed by atoms with van der Waals surface area (Å²) < 4.78 is 0. The van der Waals surface area contributed by atoms with Crippen molar-refractivity contribution in [1.82, 2.24) is 10.2 Å². The van der Waals surface area contributed by atoms with Gasteiger partial charge in [0.15, 0.2) is 0 Å². The number of carbonyl (C=O) groups is 2. The number of urea groups is 1. The second-order valence-electron chi connectivity index (χ2n) is 8.57. The van der Waals surface area contributed by atoms with Gasteiger partial charge in [0.05, 0.1) is 11.4 Å². The lowest BCUT2D eigenvalue weighted by Gasteiger charge is -2.25. The van der Waals surface area contributed by atoms with Crippen molar-refractivity contribution >= 4 is 29.4 Å². The fourth-order valence-corrected chi connectivity index (χ4v) is 3.46. The van der Waals surface area contributed by atoms with Crippen LogP contribution in [0.5, 0.6) is 0 Å². The zero-order valence-electron chi connectivity index (χ0n) is 19.7. The second kappa shape index (κ2) is 12.3. The second-order valence-corrected chi connectivity index (χ2v) is 8.57. The van der Waals surface area contributed by atoms with Crippen molar-refractivity contribution in [2.24, 2.45) is 5.92 Å². The third kappa shape index (κ3) is 7.81. The van der Waals surface area contributed by atoms with Crippen molar-refractivity contribution in [1.29, 1.82) is 0 Å². The molecule has 0 fully saturated rings. The van der Waals surface area contributed by atoms with Gasteiger partial charge in [0.2, 0.25) is 5.91 Å². The van der Waals surface area contributed by atoms with Gasteiger partial charge in [-0.05, 0) is 40.8 Å². The Hall–Kier alpha value is -4.06. The minimum Gasteiger partial charge on any atom is -0.397 e.